The van der Waals surface area contributed by atoms with Crippen molar-refractivity contribution in [2.45, 2.75) is 26.2 Å². The fourth-order valence-electron chi connectivity index (χ4n) is 0.709. The van der Waals surface area contributed by atoms with Crippen LogP contribution in [-0.4, -0.2) is 18.5 Å². The zero-order valence-electron chi connectivity index (χ0n) is 7.62. The number of hydrogen-bond donors (Lipinski definition) is 0. The molecule has 0 rings (SSSR count). The van der Waals surface area contributed by atoms with Crippen LogP contribution in [0.25, 0.3) is 0 Å². The smallest absolute Gasteiger partial charge is 0.330 e. The Hall–Kier alpha value is -1.32. The maximum Gasteiger partial charge on any atom is 0.330 e. The summed E-state index contributed by atoms with van der Waals surface area (Å²) in [6, 6.07) is 0. The highest BCUT2D eigenvalue weighted by Crippen LogP contribution is 1.94. The van der Waals surface area contributed by atoms with E-state index < -0.39 is 11.9 Å². The largest absolute Gasteiger partial charge is 0.545 e. The zero-order chi connectivity index (χ0) is 10.1. The average molecular weight is 185 g/mol. The number of aliphatic carboxylic acids is 1. The van der Waals surface area contributed by atoms with Gasteiger partial charge < -0.3 is 14.6 Å². The molecule has 0 aromatic heterocycles. The monoisotopic (exact) mass is 185 g/mol. The van der Waals surface area contributed by atoms with Gasteiger partial charge in [-0.15, -0.1) is 0 Å². The molecule has 0 fully saturated rings. The second-order valence-electron chi connectivity index (χ2n) is 2.53. The van der Waals surface area contributed by atoms with E-state index in [4.69, 9.17) is 0 Å². The van der Waals surface area contributed by atoms with Crippen molar-refractivity contribution in [3.63, 3.8) is 0 Å². The minimum atomic E-state index is -1.40. The van der Waals surface area contributed by atoms with E-state index in [1.54, 1.807) is 0 Å². The molecule has 0 saturated heterocycles. The van der Waals surface area contributed by atoms with Crippen LogP contribution in [-0.2, 0) is 14.3 Å². The highest BCUT2D eigenvalue weighted by Gasteiger charge is 1.94. The lowest BCUT2D eigenvalue weighted by molar-refractivity contribution is -0.297. The van der Waals surface area contributed by atoms with Crippen molar-refractivity contribution in [3.8, 4) is 0 Å². The van der Waals surface area contributed by atoms with Crippen molar-refractivity contribution in [2.75, 3.05) is 6.61 Å². The Bertz CT molecular complexity index is 196. The molecular formula is C9H13O4-. The molecule has 4 heteroatoms. The van der Waals surface area contributed by atoms with Crippen LogP contribution < -0.4 is 5.11 Å². The molecule has 74 valence electrons. The lowest BCUT2D eigenvalue weighted by Gasteiger charge is -2.00. The van der Waals surface area contributed by atoms with E-state index >= 15 is 0 Å². The number of carboxylic acids is 1. The third kappa shape index (κ3) is 8.59. The number of unbranched alkanes of at least 4 members (excludes halogenated alkanes) is 2. The summed E-state index contributed by atoms with van der Waals surface area (Å²) in [7, 11) is 0. The van der Waals surface area contributed by atoms with Gasteiger partial charge in [0, 0.05) is 6.08 Å². The van der Waals surface area contributed by atoms with E-state index in [0.29, 0.717) is 12.7 Å². The number of carboxylic acid groups (broad SMARTS) is 1. The molecule has 0 heterocycles. The van der Waals surface area contributed by atoms with Gasteiger partial charge in [-0.3, -0.25) is 0 Å². The molecule has 0 aromatic carbocycles. The SMILES string of the molecule is CCCCCOC(=O)/C=C\C(=O)[O-]. The standard InChI is InChI=1S/C9H14O4/c1-2-3-4-7-13-9(12)6-5-8(10)11/h5-6H,2-4,7H2,1H3,(H,10,11)/p-1/b6-5-. The first-order valence-corrected chi connectivity index (χ1v) is 4.22. The van der Waals surface area contributed by atoms with Gasteiger partial charge in [0.2, 0.25) is 0 Å². The molecule has 0 radical (unpaired) electrons. The van der Waals surface area contributed by atoms with Gasteiger partial charge in [0.25, 0.3) is 0 Å². The number of rotatable bonds is 6. The molecule has 4 nitrogen and oxygen atoms in total. The molecule has 13 heavy (non-hydrogen) atoms. The second-order valence-corrected chi connectivity index (χ2v) is 2.53. The van der Waals surface area contributed by atoms with Gasteiger partial charge in [-0.1, -0.05) is 19.8 Å². The fourth-order valence-corrected chi connectivity index (χ4v) is 0.709. The molecule has 0 aliphatic heterocycles. The number of hydrogen-bond acceptors (Lipinski definition) is 4. The molecule has 0 aliphatic carbocycles. The van der Waals surface area contributed by atoms with E-state index in [1.165, 1.54) is 0 Å². The van der Waals surface area contributed by atoms with E-state index in [9.17, 15) is 14.7 Å². The van der Waals surface area contributed by atoms with Crippen LogP contribution in [0.3, 0.4) is 0 Å². The summed E-state index contributed by atoms with van der Waals surface area (Å²) in [5.74, 6) is -2.04. The predicted octanol–water partition coefficient (Wildman–Crippen LogP) is 0.0259. The highest BCUT2D eigenvalue weighted by molar-refractivity contribution is 5.89. The summed E-state index contributed by atoms with van der Waals surface area (Å²) in [6.45, 7) is 2.38. The summed E-state index contributed by atoms with van der Waals surface area (Å²) < 4.78 is 4.68. The van der Waals surface area contributed by atoms with Crippen molar-refractivity contribution >= 4 is 11.9 Å². The average Bonchev–Trinajstić information content (AvgIpc) is 2.09. The molecule has 0 amide bonds. The first kappa shape index (κ1) is 11.7. The van der Waals surface area contributed by atoms with Gasteiger partial charge in [0.15, 0.2) is 0 Å². The highest BCUT2D eigenvalue weighted by atomic mass is 16.5. The van der Waals surface area contributed by atoms with Crippen molar-refractivity contribution in [1.82, 2.24) is 0 Å². The van der Waals surface area contributed by atoms with Crippen LogP contribution >= 0.6 is 0 Å². The number of ether oxygens (including phenoxy) is 1. The van der Waals surface area contributed by atoms with Crippen LogP contribution in [0.2, 0.25) is 0 Å². The number of esters is 1. The third-order valence-corrected chi connectivity index (χ3v) is 1.35. The maximum absolute atomic E-state index is 10.7. The van der Waals surface area contributed by atoms with Crippen molar-refractivity contribution in [2.24, 2.45) is 0 Å². The molecule has 0 N–H and O–H groups in total. The molecule has 0 atom stereocenters. The van der Waals surface area contributed by atoms with Crippen molar-refractivity contribution in [1.29, 1.82) is 0 Å². The Morgan fingerprint density at radius 2 is 2.00 bits per heavy atom. The fraction of sp³-hybridized carbons (Fsp3) is 0.556. The van der Waals surface area contributed by atoms with Gasteiger partial charge >= 0.3 is 5.97 Å². The van der Waals surface area contributed by atoms with E-state index in [-0.39, 0.29) is 0 Å². The molecule has 0 unspecified atom stereocenters. The van der Waals surface area contributed by atoms with Crippen molar-refractivity contribution < 1.29 is 19.4 Å². The van der Waals surface area contributed by atoms with Crippen LogP contribution in [0, 0.1) is 0 Å². The van der Waals surface area contributed by atoms with Gasteiger partial charge in [0.05, 0.1) is 12.6 Å². The lowest BCUT2D eigenvalue weighted by Crippen LogP contribution is -2.19. The molecule has 0 aromatic rings. The molecule has 0 spiro atoms. The Morgan fingerprint density at radius 1 is 1.31 bits per heavy atom. The predicted molar refractivity (Wildman–Crippen MR) is 44.6 cm³/mol. The topological polar surface area (TPSA) is 66.4 Å². The first-order valence-electron chi connectivity index (χ1n) is 4.22. The molecule has 0 aliphatic rings. The maximum atomic E-state index is 10.7. The van der Waals surface area contributed by atoms with E-state index in [2.05, 4.69) is 4.74 Å². The first-order chi connectivity index (χ1) is 6.16. The van der Waals surface area contributed by atoms with Gasteiger partial charge in [-0.2, -0.15) is 0 Å². The van der Waals surface area contributed by atoms with Gasteiger partial charge in [0.1, 0.15) is 0 Å². The normalized spacial score (nSPS) is 10.2. The van der Waals surface area contributed by atoms with Gasteiger partial charge in [-0.25, -0.2) is 4.79 Å². The summed E-state index contributed by atoms with van der Waals surface area (Å²) >= 11 is 0. The van der Waals surface area contributed by atoms with E-state index in [0.717, 1.165) is 25.3 Å². The summed E-state index contributed by atoms with van der Waals surface area (Å²) in [4.78, 5) is 20.6. The van der Waals surface area contributed by atoms with E-state index in [1.807, 2.05) is 6.92 Å². The Labute approximate surface area is 77.2 Å². The van der Waals surface area contributed by atoms with Crippen LogP contribution in [0.15, 0.2) is 12.2 Å². The van der Waals surface area contributed by atoms with Gasteiger partial charge in [-0.05, 0) is 12.5 Å². The van der Waals surface area contributed by atoms with Crippen LogP contribution in [0.1, 0.15) is 26.2 Å². The minimum Gasteiger partial charge on any atom is -0.545 e. The van der Waals surface area contributed by atoms with Crippen molar-refractivity contribution in [3.05, 3.63) is 12.2 Å². The lowest BCUT2D eigenvalue weighted by atomic mass is 10.3. The summed E-state index contributed by atoms with van der Waals surface area (Å²) in [5.41, 5.74) is 0. The Morgan fingerprint density at radius 3 is 2.54 bits per heavy atom. The summed E-state index contributed by atoms with van der Waals surface area (Å²) in [6.07, 6.45) is 4.36. The number of carbonyl (C=O) groups excluding carboxylic acids is 2. The molecular weight excluding hydrogens is 172 g/mol. The van der Waals surface area contributed by atoms with Crippen LogP contribution in [0.5, 0.6) is 0 Å². The quantitative estimate of drug-likeness (QED) is 0.332. The third-order valence-electron chi connectivity index (χ3n) is 1.35. The summed E-state index contributed by atoms with van der Waals surface area (Å²) in [5, 5.41) is 9.87. The Kier molecular flexibility index (Phi) is 6.59. The minimum absolute atomic E-state index is 0.337. The second kappa shape index (κ2) is 7.34. The number of carbonyl (C=O) groups is 2. The van der Waals surface area contributed by atoms with Crippen LogP contribution in [0.4, 0.5) is 0 Å². The molecule has 0 saturated carbocycles. The Balaban J connectivity index is 3.46. The zero-order valence-corrected chi connectivity index (χ0v) is 7.62. The molecule has 0 bridgehead atoms.